The fraction of sp³-hybridized carbons (Fsp3) is 0.562. The molecule has 1 amide bonds. The number of nitrogens with two attached hydrogens (primary N) is 1. The van der Waals surface area contributed by atoms with E-state index in [1.54, 1.807) is 0 Å². The molecular weight excluding hydrogens is 274 g/mol. The first kappa shape index (κ1) is 17.4. The number of hydrogen-bond acceptors (Lipinski definition) is 2. The van der Waals surface area contributed by atoms with E-state index in [1.165, 1.54) is 12.8 Å². The predicted octanol–water partition coefficient (Wildman–Crippen LogP) is 3.88. The second-order valence-electron chi connectivity index (χ2n) is 5.71. The number of rotatable bonds is 8. The minimum absolute atomic E-state index is 0.0197. The van der Waals surface area contributed by atoms with Crippen molar-refractivity contribution in [2.24, 2.45) is 5.92 Å². The average molecular weight is 298 g/mol. The van der Waals surface area contributed by atoms with E-state index >= 15 is 0 Å². The fourth-order valence-corrected chi connectivity index (χ4v) is 2.09. The van der Waals surface area contributed by atoms with E-state index in [1.807, 2.05) is 0 Å². The van der Waals surface area contributed by atoms with Crippen molar-refractivity contribution in [3.05, 3.63) is 29.3 Å². The molecule has 0 heterocycles. The van der Waals surface area contributed by atoms with Gasteiger partial charge >= 0.3 is 0 Å². The molecule has 3 N–H and O–H groups in total. The normalized spacial score (nSPS) is 10.9. The maximum Gasteiger partial charge on any atom is 0.253 e. The van der Waals surface area contributed by atoms with Gasteiger partial charge in [0.25, 0.3) is 5.91 Å². The molecule has 0 spiro atoms. The Balaban J connectivity index is 2.30. The van der Waals surface area contributed by atoms with Crippen molar-refractivity contribution < 1.29 is 13.6 Å². The number of unbranched alkanes of at least 4 members (excludes halogenated alkanes) is 3. The highest BCUT2D eigenvalue weighted by atomic mass is 19.2. The van der Waals surface area contributed by atoms with Crippen LogP contribution in [0.2, 0.25) is 0 Å². The molecule has 0 fully saturated rings. The molecule has 0 radical (unpaired) electrons. The third-order valence-electron chi connectivity index (χ3n) is 3.33. The van der Waals surface area contributed by atoms with Crippen molar-refractivity contribution in [2.75, 3.05) is 12.3 Å². The van der Waals surface area contributed by atoms with Crippen LogP contribution >= 0.6 is 0 Å². The van der Waals surface area contributed by atoms with Gasteiger partial charge in [-0.25, -0.2) is 8.78 Å². The molecular formula is C16H24F2N2O. The van der Waals surface area contributed by atoms with E-state index in [9.17, 15) is 13.6 Å². The molecule has 5 heteroatoms. The summed E-state index contributed by atoms with van der Waals surface area (Å²) < 4.78 is 26.0. The van der Waals surface area contributed by atoms with Crippen LogP contribution in [-0.4, -0.2) is 12.5 Å². The Bertz CT molecular complexity index is 476. The van der Waals surface area contributed by atoms with Gasteiger partial charge < -0.3 is 11.1 Å². The number of anilines is 1. The summed E-state index contributed by atoms with van der Waals surface area (Å²) >= 11 is 0. The van der Waals surface area contributed by atoms with Gasteiger partial charge in [0.05, 0.1) is 5.56 Å². The number of nitrogens with one attached hydrogen (secondary N) is 1. The van der Waals surface area contributed by atoms with Gasteiger partial charge in [-0.15, -0.1) is 0 Å². The quantitative estimate of drug-likeness (QED) is 0.565. The standard InChI is InChI=1S/C16H24F2N2O/c1-11(2)7-5-3-4-6-8-20-16(21)12-9-13(17)14(18)10-15(12)19/h9-11H,3-8,19H2,1-2H3,(H,20,21). The van der Waals surface area contributed by atoms with Crippen LogP contribution in [0.25, 0.3) is 0 Å². The van der Waals surface area contributed by atoms with Crippen molar-refractivity contribution in [1.29, 1.82) is 0 Å². The van der Waals surface area contributed by atoms with Gasteiger partial charge in [0.1, 0.15) is 0 Å². The van der Waals surface area contributed by atoms with Crippen molar-refractivity contribution in [2.45, 2.75) is 46.0 Å². The molecule has 118 valence electrons. The minimum Gasteiger partial charge on any atom is -0.398 e. The number of carbonyl (C=O) groups is 1. The maximum absolute atomic E-state index is 13.1. The summed E-state index contributed by atoms with van der Waals surface area (Å²) in [5.41, 5.74) is 5.45. The largest absolute Gasteiger partial charge is 0.398 e. The van der Waals surface area contributed by atoms with Gasteiger partial charge in [-0.1, -0.05) is 39.5 Å². The van der Waals surface area contributed by atoms with E-state index in [0.717, 1.165) is 37.3 Å². The topological polar surface area (TPSA) is 55.1 Å². The Hall–Kier alpha value is -1.65. The van der Waals surface area contributed by atoms with Gasteiger partial charge in [-0.05, 0) is 18.4 Å². The first-order valence-corrected chi connectivity index (χ1v) is 7.44. The van der Waals surface area contributed by atoms with Crippen LogP contribution in [-0.2, 0) is 0 Å². The second kappa shape index (κ2) is 8.60. The third-order valence-corrected chi connectivity index (χ3v) is 3.33. The van der Waals surface area contributed by atoms with Crippen molar-refractivity contribution in [3.63, 3.8) is 0 Å². The highest BCUT2D eigenvalue weighted by Gasteiger charge is 2.13. The van der Waals surface area contributed by atoms with E-state index < -0.39 is 17.5 Å². The van der Waals surface area contributed by atoms with Gasteiger partial charge in [-0.3, -0.25) is 4.79 Å². The van der Waals surface area contributed by atoms with E-state index in [0.29, 0.717) is 6.54 Å². The van der Waals surface area contributed by atoms with Gasteiger partial charge in [-0.2, -0.15) is 0 Å². The molecule has 0 atom stereocenters. The first-order valence-electron chi connectivity index (χ1n) is 7.44. The van der Waals surface area contributed by atoms with Crippen LogP contribution < -0.4 is 11.1 Å². The number of carbonyl (C=O) groups excluding carboxylic acids is 1. The van der Waals surface area contributed by atoms with Gasteiger partial charge in [0.2, 0.25) is 0 Å². The number of benzene rings is 1. The summed E-state index contributed by atoms with van der Waals surface area (Å²) in [6, 6.07) is 1.67. The van der Waals surface area contributed by atoms with Gasteiger partial charge in [0, 0.05) is 18.3 Å². The number of halogens is 2. The minimum atomic E-state index is -1.07. The Morgan fingerprint density at radius 2 is 1.76 bits per heavy atom. The highest BCUT2D eigenvalue weighted by Crippen LogP contribution is 2.17. The zero-order chi connectivity index (χ0) is 15.8. The molecule has 21 heavy (non-hydrogen) atoms. The van der Waals surface area contributed by atoms with Crippen LogP contribution in [0.15, 0.2) is 12.1 Å². The average Bonchev–Trinajstić information content (AvgIpc) is 2.41. The summed E-state index contributed by atoms with van der Waals surface area (Å²) in [5, 5.41) is 2.68. The Morgan fingerprint density at radius 1 is 1.14 bits per heavy atom. The SMILES string of the molecule is CC(C)CCCCCCNC(=O)c1cc(F)c(F)cc1N. The van der Waals surface area contributed by atoms with Crippen molar-refractivity contribution >= 4 is 11.6 Å². The summed E-state index contributed by atoms with van der Waals surface area (Å²) in [7, 11) is 0. The number of nitrogen functional groups attached to an aromatic ring is 1. The first-order chi connectivity index (χ1) is 9.91. The molecule has 1 aromatic rings. The lowest BCUT2D eigenvalue weighted by atomic mass is 10.0. The van der Waals surface area contributed by atoms with E-state index in [2.05, 4.69) is 19.2 Å². The lowest BCUT2D eigenvalue weighted by Gasteiger charge is -2.08. The maximum atomic E-state index is 13.1. The Kier molecular flexibility index (Phi) is 7.12. The zero-order valence-corrected chi connectivity index (χ0v) is 12.7. The third kappa shape index (κ3) is 6.10. The predicted molar refractivity (Wildman–Crippen MR) is 81.0 cm³/mol. The van der Waals surface area contributed by atoms with Gasteiger partial charge in [0.15, 0.2) is 11.6 Å². The Morgan fingerprint density at radius 3 is 2.43 bits per heavy atom. The van der Waals surface area contributed by atoms with Crippen molar-refractivity contribution in [3.8, 4) is 0 Å². The highest BCUT2D eigenvalue weighted by molar-refractivity contribution is 5.99. The second-order valence-corrected chi connectivity index (χ2v) is 5.71. The lowest BCUT2D eigenvalue weighted by molar-refractivity contribution is 0.0953. The zero-order valence-electron chi connectivity index (χ0n) is 12.7. The molecule has 0 bridgehead atoms. The molecule has 0 saturated heterocycles. The molecule has 0 unspecified atom stereocenters. The molecule has 0 aliphatic rings. The van der Waals surface area contributed by atoms with Crippen LogP contribution in [0.4, 0.5) is 14.5 Å². The molecule has 3 nitrogen and oxygen atoms in total. The molecule has 0 aliphatic carbocycles. The van der Waals surface area contributed by atoms with Crippen LogP contribution in [0.3, 0.4) is 0 Å². The van der Waals surface area contributed by atoms with Crippen LogP contribution in [0, 0.1) is 17.6 Å². The molecule has 1 rings (SSSR count). The molecule has 0 aliphatic heterocycles. The monoisotopic (exact) mass is 298 g/mol. The summed E-state index contributed by atoms with van der Waals surface area (Å²) in [4.78, 5) is 11.8. The fourth-order valence-electron chi connectivity index (χ4n) is 2.09. The molecule has 0 aromatic heterocycles. The summed E-state index contributed by atoms with van der Waals surface area (Å²) in [6.45, 7) is 4.91. The molecule has 0 saturated carbocycles. The van der Waals surface area contributed by atoms with Crippen LogP contribution in [0.5, 0.6) is 0 Å². The van der Waals surface area contributed by atoms with E-state index in [4.69, 9.17) is 5.73 Å². The molecule has 1 aromatic carbocycles. The van der Waals surface area contributed by atoms with Crippen LogP contribution in [0.1, 0.15) is 56.3 Å². The summed E-state index contributed by atoms with van der Waals surface area (Å²) in [5.74, 6) is -1.85. The lowest BCUT2D eigenvalue weighted by Crippen LogP contribution is -2.25. The van der Waals surface area contributed by atoms with E-state index in [-0.39, 0.29) is 11.3 Å². The Labute approximate surface area is 124 Å². The summed E-state index contributed by atoms with van der Waals surface area (Å²) in [6.07, 6.45) is 5.47. The number of amides is 1. The number of hydrogen-bond donors (Lipinski definition) is 2. The van der Waals surface area contributed by atoms with Crippen molar-refractivity contribution in [1.82, 2.24) is 5.32 Å². The smallest absolute Gasteiger partial charge is 0.253 e.